The highest BCUT2D eigenvalue weighted by Crippen LogP contribution is 2.28. The molecule has 1 aliphatic heterocycles. The Balaban J connectivity index is 2.02. The monoisotopic (exact) mass is 305 g/mol. The minimum absolute atomic E-state index is 0.0406. The van der Waals surface area contributed by atoms with Gasteiger partial charge in [0.2, 0.25) is 0 Å². The Morgan fingerprint density at radius 2 is 2.00 bits per heavy atom. The molecule has 2 atom stereocenters. The van der Waals surface area contributed by atoms with Crippen LogP contribution >= 0.6 is 0 Å². The predicted octanol–water partition coefficient (Wildman–Crippen LogP) is 3.90. The van der Waals surface area contributed by atoms with Crippen LogP contribution in [0, 0.1) is 0 Å². The van der Waals surface area contributed by atoms with Gasteiger partial charge in [-0.2, -0.15) is 0 Å². The Morgan fingerprint density at radius 3 is 2.64 bits per heavy atom. The Kier molecular flexibility index (Phi) is 5.46. The molecular formula is C18H27NO3. The molecule has 4 heteroatoms. The van der Waals surface area contributed by atoms with Gasteiger partial charge in [-0.3, -0.25) is 0 Å². The van der Waals surface area contributed by atoms with E-state index >= 15 is 0 Å². The van der Waals surface area contributed by atoms with Crippen LogP contribution in [0.2, 0.25) is 0 Å². The summed E-state index contributed by atoms with van der Waals surface area (Å²) in [6, 6.07) is 9.66. The molecule has 1 aromatic carbocycles. The summed E-state index contributed by atoms with van der Waals surface area (Å²) in [6.45, 7) is 6.34. The molecule has 1 saturated heterocycles. The molecule has 1 aromatic rings. The predicted molar refractivity (Wildman–Crippen MR) is 86.6 cm³/mol. The molecular weight excluding hydrogens is 278 g/mol. The van der Waals surface area contributed by atoms with E-state index in [1.54, 1.807) is 4.90 Å². The van der Waals surface area contributed by atoms with Crippen LogP contribution < -0.4 is 0 Å². The number of ether oxygens (including phenoxy) is 1. The molecule has 1 N–H and O–H groups in total. The standard InChI is InChI=1S/C18H27NO3/c1-18(2,3)22-17(21)19-12-8-7-11-15(19)13-16(20)14-9-5-4-6-10-14/h4-6,9-10,15-16,20H,7-8,11-13H2,1-3H3/t15-,16+/m1/s1. The summed E-state index contributed by atoms with van der Waals surface area (Å²) in [7, 11) is 0. The quantitative estimate of drug-likeness (QED) is 0.921. The summed E-state index contributed by atoms with van der Waals surface area (Å²) >= 11 is 0. The van der Waals surface area contributed by atoms with Gasteiger partial charge in [0.1, 0.15) is 5.60 Å². The van der Waals surface area contributed by atoms with Crippen LogP contribution in [0.4, 0.5) is 4.79 Å². The number of aliphatic hydroxyl groups excluding tert-OH is 1. The highest BCUT2D eigenvalue weighted by Gasteiger charge is 2.31. The normalized spacial score (nSPS) is 20.5. The lowest BCUT2D eigenvalue weighted by Crippen LogP contribution is -2.46. The summed E-state index contributed by atoms with van der Waals surface area (Å²) in [6.07, 6.45) is 2.75. The topological polar surface area (TPSA) is 49.8 Å². The second kappa shape index (κ2) is 7.14. The molecule has 122 valence electrons. The molecule has 0 spiro atoms. The third kappa shape index (κ3) is 4.73. The Labute approximate surface area is 133 Å². The summed E-state index contributed by atoms with van der Waals surface area (Å²) in [5.74, 6) is 0. The van der Waals surface area contributed by atoms with Crippen molar-refractivity contribution in [3.05, 3.63) is 35.9 Å². The van der Waals surface area contributed by atoms with E-state index in [4.69, 9.17) is 4.74 Å². The van der Waals surface area contributed by atoms with Gasteiger partial charge in [0.25, 0.3) is 0 Å². The zero-order valence-electron chi connectivity index (χ0n) is 13.8. The molecule has 0 aromatic heterocycles. The molecule has 0 saturated carbocycles. The van der Waals surface area contributed by atoms with Crippen molar-refractivity contribution in [2.75, 3.05) is 6.54 Å². The van der Waals surface area contributed by atoms with E-state index in [9.17, 15) is 9.90 Å². The van der Waals surface area contributed by atoms with E-state index in [1.165, 1.54) is 0 Å². The van der Waals surface area contributed by atoms with E-state index in [1.807, 2.05) is 51.1 Å². The number of benzene rings is 1. The Bertz CT molecular complexity index is 481. The van der Waals surface area contributed by atoms with Crippen molar-refractivity contribution in [1.29, 1.82) is 0 Å². The lowest BCUT2D eigenvalue weighted by molar-refractivity contribution is 0.00237. The van der Waals surface area contributed by atoms with Crippen molar-refractivity contribution in [2.24, 2.45) is 0 Å². The number of aliphatic hydroxyl groups is 1. The van der Waals surface area contributed by atoms with Crippen molar-refractivity contribution in [3.8, 4) is 0 Å². The molecule has 2 rings (SSSR count). The van der Waals surface area contributed by atoms with Crippen LogP contribution in [-0.2, 0) is 4.74 Å². The van der Waals surface area contributed by atoms with Gasteiger partial charge in [-0.25, -0.2) is 4.79 Å². The van der Waals surface area contributed by atoms with Crippen molar-refractivity contribution < 1.29 is 14.6 Å². The zero-order valence-corrected chi connectivity index (χ0v) is 13.8. The molecule has 22 heavy (non-hydrogen) atoms. The van der Waals surface area contributed by atoms with E-state index in [-0.39, 0.29) is 12.1 Å². The molecule has 0 unspecified atom stereocenters. The van der Waals surface area contributed by atoms with Gasteiger partial charge in [0.15, 0.2) is 0 Å². The molecule has 1 fully saturated rings. The van der Waals surface area contributed by atoms with Crippen molar-refractivity contribution in [3.63, 3.8) is 0 Å². The highest BCUT2D eigenvalue weighted by atomic mass is 16.6. The number of carbonyl (C=O) groups excluding carboxylic acids is 1. The first-order chi connectivity index (χ1) is 10.4. The fourth-order valence-electron chi connectivity index (χ4n) is 2.88. The largest absolute Gasteiger partial charge is 0.444 e. The highest BCUT2D eigenvalue weighted by molar-refractivity contribution is 5.68. The average molecular weight is 305 g/mol. The fraction of sp³-hybridized carbons (Fsp3) is 0.611. The second-order valence-electron chi connectivity index (χ2n) is 6.99. The van der Waals surface area contributed by atoms with Gasteiger partial charge in [0, 0.05) is 12.6 Å². The van der Waals surface area contributed by atoms with Crippen molar-refractivity contribution in [2.45, 2.75) is 64.2 Å². The minimum atomic E-state index is -0.547. The second-order valence-corrected chi connectivity index (χ2v) is 6.99. The zero-order chi connectivity index (χ0) is 16.2. The number of carbonyl (C=O) groups is 1. The van der Waals surface area contributed by atoms with Gasteiger partial charge in [0.05, 0.1) is 6.10 Å². The number of hydrogen-bond donors (Lipinski definition) is 1. The molecule has 1 aliphatic rings. The van der Waals surface area contributed by atoms with Crippen LogP contribution in [-0.4, -0.2) is 34.3 Å². The van der Waals surface area contributed by atoms with E-state index < -0.39 is 11.7 Å². The number of rotatable bonds is 3. The first-order valence-electron chi connectivity index (χ1n) is 8.09. The van der Waals surface area contributed by atoms with Crippen molar-refractivity contribution >= 4 is 6.09 Å². The lowest BCUT2D eigenvalue weighted by atomic mass is 9.94. The number of piperidine rings is 1. The number of nitrogens with zero attached hydrogens (tertiary/aromatic N) is 1. The first-order valence-corrected chi connectivity index (χ1v) is 8.09. The number of hydrogen-bond acceptors (Lipinski definition) is 3. The average Bonchev–Trinajstić information content (AvgIpc) is 2.47. The van der Waals surface area contributed by atoms with Gasteiger partial charge >= 0.3 is 6.09 Å². The number of amides is 1. The maximum atomic E-state index is 12.4. The van der Waals surface area contributed by atoms with E-state index in [0.29, 0.717) is 13.0 Å². The molecule has 0 radical (unpaired) electrons. The fourth-order valence-corrected chi connectivity index (χ4v) is 2.88. The Morgan fingerprint density at radius 1 is 1.32 bits per heavy atom. The molecule has 4 nitrogen and oxygen atoms in total. The summed E-state index contributed by atoms with van der Waals surface area (Å²) in [4.78, 5) is 14.2. The molecule has 0 bridgehead atoms. The lowest BCUT2D eigenvalue weighted by Gasteiger charge is -2.37. The first kappa shape index (κ1) is 16.8. The summed E-state index contributed by atoms with van der Waals surface area (Å²) < 4.78 is 5.50. The minimum Gasteiger partial charge on any atom is -0.444 e. The maximum Gasteiger partial charge on any atom is 0.410 e. The van der Waals surface area contributed by atoms with Gasteiger partial charge in [-0.05, 0) is 52.0 Å². The smallest absolute Gasteiger partial charge is 0.410 e. The number of likely N-dealkylation sites (tertiary alicyclic amines) is 1. The van der Waals surface area contributed by atoms with Gasteiger partial charge in [-0.15, -0.1) is 0 Å². The molecule has 1 heterocycles. The van der Waals surface area contributed by atoms with E-state index in [2.05, 4.69) is 0 Å². The Hall–Kier alpha value is -1.55. The maximum absolute atomic E-state index is 12.4. The van der Waals surface area contributed by atoms with Crippen LogP contribution in [0.5, 0.6) is 0 Å². The molecule has 1 amide bonds. The van der Waals surface area contributed by atoms with Crippen LogP contribution in [0.15, 0.2) is 30.3 Å². The summed E-state index contributed by atoms with van der Waals surface area (Å²) in [5.41, 5.74) is 0.411. The van der Waals surface area contributed by atoms with Crippen LogP contribution in [0.25, 0.3) is 0 Å². The van der Waals surface area contributed by atoms with Gasteiger partial charge in [-0.1, -0.05) is 30.3 Å². The molecule has 0 aliphatic carbocycles. The summed E-state index contributed by atoms with van der Waals surface area (Å²) in [5, 5.41) is 10.4. The van der Waals surface area contributed by atoms with Crippen molar-refractivity contribution in [1.82, 2.24) is 4.90 Å². The van der Waals surface area contributed by atoms with E-state index in [0.717, 1.165) is 24.8 Å². The van der Waals surface area contributed by atoms with Gasteiger partial charge < -0.3 is 14.7 Å². The third-order valence-electron chi connectivity index (χ3n) is 3.93. The van der Waals surface area contributed by atoms with Crippen LogP contribution in [0.1, 0.15) is 58.1 Å². The van der Waals surface area contributed by atoms with Crippen LogP contribution in [0.3, 0.4) is 0 Å². The third-order valence-corrected chi connectivity index (χ3v) is 3.93. The SMILES string of the molecule is CC(C)(C)OC(=O)N1CCCC[C@@H]1C[C@H](O)c1ccccc1.